The Morgan fingerprint density at radius 3 is 1.38 bits per heavy atom. The molecule has 3 radical (unpaired) electrons. The van der Waals surface area contributed by atoms with Crippen LogP contribution in [0.5, 0.6) is 0 Å². The minimum absolute atomic E-state index is 0. The number of isocyanates is 3. The number of hydrogen-bond donors (Lipinski definition) is 0. The molecule has 0 amide bonds. The van der Waals surface area contributed by atoms with Crippen molar-refractivity contribution in [3.8, 4) is 0 Å². The van der Waals surface area contributed by atoms with Gasteiger partial charge in [0, 0.05) is 98.1 Å². The van der Waals surface area contributed by atoms with E-state index < -0.39 is 17.1 Å². The van der Waals surface area contributed by atoms with Crippen LogP contribution in [0.3, 0.4) is 0 Å². The van der Waals surface area contributed by atoms with Crippen molar-refractivity contribution in [1.29, 1.82) is 0 Å². The zero-order chi connectivity index (χ0) is 14.6. The van der Waals surface area contributed by atoms with E-state index in [1.54, 1.807) is 0 Å². The molecule has 1 aromatic heterocycles. The first-order valence-electron chi connectivity index (χ1n) is 3.44. The molecule has 0 bridgehead atoms. The molecule has 0 N–H and O–H groups in total. The standard InChI is InChI=1S/C4H2N4O4.2CNO.3Y/c9-1-5-8-3(11)6-2(10)7-4(8)12;2*2-1-3;;;/h(H2,6,7,10,11,12);;;;;/q;2*-1;;;/p-2. The fraction of sp³-hybridized carbons (Fsp3) is 0. The zero-order valence-electron chi connectivity index (χ0n) is 9.86. The van der Waals surface area contributed by atoms with Crippen LogP contribution in [-0.2, 0) is 113 Å². The molecule has 12 nitrogen and oxygen atoms in total. The van der Waals surface area contributed by atoms with Crippen molar-refractivity contribution < 1.29 is 113 Å². The van der Waals surface area contributed by atoms with Crippen LogP contribution in [0.15, 0.2) is 19.5 Å². The van der Waals surface area contributed by atoms with E-state index in [0.29, 0.717) is 12.2 Å². The third-order valence-corrected chi connectivity index (χ3v) is 0.886. The summed E-state index contributed by atoms with van der Waals surface area (Å²) in [6.07, 6.45) is 1.94. The van der Waals surface area contributed by atoms with Crippen LogP contribution >= 0.6 is 0 Å². The van der Waals surface area contributed by atoms with Gasteiger partial charge in [-0.1, -0.05) is 0 Å². The second-order valence-corrected chi connectivity index (χ2v) is 1.76. The monoisotopic (exact) mass is 519 g/mol. The van der Waals surface area contributed by atoms with Crippen LogP contribution < -0.4 is 27.0 Å². The summed E-state index contributed by atoms with van der Waals surface area (Å²) in [5, 5.41) is 16.2. The van der Waals surface area contributed by atoms with Crippen LogP contribution in [0.1, 0.15) is 0 Å². The van der Waals surface area contributed by atoms with Crippen molar-refractivity contribution in [2.24, 2.45) is 5.10 Å². The van der Waals surface area contributed by atoms with Gasteiger partial charge in [-0.05, 0) is 12.2 Å². The van der Waals surface area contributed by atoms with Crippen LogP contribution in [0.2, 0.25) is 0 Å². The Morgan fingerprint density at radius 2 is 1.14 bits per heavy atom. The molecule has 0 atom stereocenters. The molecule has 1 aromatic rings. The molecule has 0 fully saturated rings. The first-order chi connectivity index (χ1) is 8.48. The third-order valence-electron chi connectivity index (χ3n) is 0.886. The summed E-state index contributed by atoms with van der Waals surface area (Å²) in [4.78, 5) is 63.0. The van der Waals surface area contributed by atoms with E-state index in [2.05, 4.69) is 15.1 Å². The maximum atomic E-state index is 10.6. The van der Waals surface area contributed by atoms with Gasteiger partial charge in [0.1, 0.15) is 17.1 Å². The molecule has 0 aromatic carbocycles. The number of hydrogen-bond acceptors (Lipinski definition) is 7. The van der Waals surface area contributed by atoms with Crippen molar-refractivity contribution in [2.45, 2.75) is 0 Å². The van der Waals surface area contributed by atoms with Gasteiger partial charge in [0.2, 0.25) is 6.08 Å². The summed E-state index contributed by atoms with van der Waals surface area (Å²) in [7, 11) is 0. The molecule has 0 aliphatic rings. The van der Waals surface area contributed by atoms with E-state index >= 15 is 0 Å². The average Bonchev–Trinajstić information content (AvgIpc) is 2.25. The van der Waals surface area contributed by atoms with E-state index in [4.69, 9.17) is 20.4 Å². The van der Waals surface area contributed by atoms with Crippen molar-refractivity contribution >= 4 is 18.2 Å². The Labute approximate surface area is 190 Å². The summed E-state index contributed by atoms with van der Waals surface area (Å²) in [6.45, 7) is 0. The first kappa shape index (κ1) is 32.7. The van der Waals surface area contributed by atoms with E-state index in [1.807, 2.05) is 0 Å². The second kappa shape index (κ2) is 22.1. The molecule has 1 rings (SSSR count). The molecule has 1 heterocycles. The quantitative estimate of drug-likeness (QED) is 0.268. The van der Waals surface area contributed by atoms with Crippen LogP contribution in [0.25, 0.3) is 10.8 Å². The van der Waals surface area contributed by atoms with Gasteiger partial charge in [0.05, 0.1) is 0 Å². The Kier molecular flexibility index (Phi) is 34.5. The predicted octanol–water partition coefficient (Wildman–Crippen LogP) is -3.64. The predicted molar refractivity (Wildman–Crippen MR) is 51.5 cm³/mol. The molecular weight excluding hydrogens is 519 g/mol. The van der Waals surface area contributed by atoms with Gasteiger partial charge in [0.25, 0.3) is 0 Å². The van der Waals surface area contributed by atoms with Crippen molar-refractivity contribution in [1.82, 2.24) is 14.6 Å². The molecular formula is C6N6O6Y3-4. The normalized spacial score (nSPS) is 5.90. The Balaban J connectivity index is -0.0000000830. The minimum Gasteiger partial charge on any atom is -0.724 e. The second-order valence-electron chi connectivity index (χ2n) is 1.76. The molecule has 0 aliphatic carbocycles. The summed E-state index contributed by atoms with van der Waals surface area (Å²) in [5.41, 5.74) is -3.70. The number of aromatic nitrogens is 3. The summed E-state index contributed by atoms with van der Waals surface area (Å²) < 4.78 is 0.0361. The fourth-order valence-corrected chi connectivity index (χ4v) is 0.492. The molecule has 0 unspecified atom stereocenters. The van der Waals surface area contributed by atoms with Gasteiger partial charge in [-0.2, -0.15) is 0 Å². The molecule has 15 heteroatoms. The summed E-state index contributed by atoms with van der Waals surface area (Å²) in [5.74, 6) is 0. The largest absolute Gasteiger partial charge is 0.724 e. The Bertz CT molecular complexity index is 627. The number of carbonyl (C=O) groups excluding carboxylic acids is 3. The maximum Gasteiger partial charge on any atom is 0.233 e. The van der Waals surface area contributed by atoms with Gasteiger partial charge >= 0.3 is 0 Å². The minimum atomic E-state index is -1.25. The van der Waals surface area contributed by atoms with Crippen LogP contribution in [-0.4, -0.2) is 22.9 Å². The molecule has 0 saturated heterocycles. The first-order valence-corrected chi connectivity index (χ1v) is 3.44. The SMILES string of the molecule is O=C=Nn1c(=O)[n-]c(=O)[n-]c1=O.[N-]=C=O.[N-]=C=O.[Y].[Y].[Y]. The van der Waals surface area contributed by atoms with Gasteiger partial charge < -0.3 is 39.8 Å². The molecule has 21 heavy (non-hydrogen) atoms. The van der Waals surface area contributed by atoms with Gasteiger partial charge in [0.15, 0.2) is 0 Å². The molecule has 103 valence electrons. The van der Waals surface area contributed by atoms with Gasteiger partial charge in [-0.25, -0.2) is 9.90 Å². The van der Waals surface area contributed by atoms with E-state index in [0.717, 1.165) is 6.08 Å². The Morgan fingerprint density at radius 1 is 0.857 bits per heavy atom. The van der Waals surface area contributed by atoms with Gasteiger partial charge in [-0.15, -0.1) is 0 Å². The number of rotatable bonds is 1. The van der Waals surface area contributed by atoms with Crippen molar-refractivity contribution in [2.75, 3.05) is 0 Å². The zero-order valence-corrected chi connectivity index (χ0v) is 18.4. The smallest absolute Gasteiger partial charge is 0.233 e. The van der Waals surface area contributed by atoms with E-state index in [1.165, 1.54) is 0 Å². The Hall–Kier alpha value is -0.138. The van der Waals surface area contributed by atoms with E-state index in [-0.39, 0.29) is 103 Å². The van der Waals surface area contributed by atoms with Crippen LogP contribution in [0, 0.1) is 0 Å². The maximum absolute atomic E-state index is 10.6. The van der Waals surface area contributed by atoms with E-state index in [9.17, 15) is 19.2 Å². The van der Waals surface area contributed by atoms with Crippen LogP contribution in [0.4, 0.5) is 0 Å². The summed E-state index contributed by atoms with van der Waals surface area (Å²) in [6, 6.07) is 0. The van der Waals surface area contributed by atoms with Crippen molar-refractivity contribution in [3.05, 3.63) is 42.3 Å². The van der Waals surface area contributed by atoms with Gasteiger partial charge in [-0.3, -0.25) is 9.59 Å². The molecule has 0 spiro atoms. The molecule has 0 aliphatic heterocycles. The molecule has 0 saturated carbocycles. The fourth-order valence-electron chi connectivity index (χ4n) is 0.492. The topological polar surface area (TPSA) is 193 Å². The summed E-state index contributed by atoms with van der Waals surface area (Å²) >= 11 is 0. The average molecular weight is 519 g/mol. The third kappa shape index (κ3) is 17.8. The number of nitrogens with zero attached hydrogens (tertiary/aromatic N) is 6. The van der Waals surface area contributed by atoms with Crippen molar-refractivity contribution in [3.63, 3.8) is 0 Å².